The van der Waals surface area contributed by atoms with E-state index in [2.05, 4.69) is 0 Å². The van der Waals surface area contributed by atoms with Crippen LogP contribution in [-0.4, -0.2) is 9.85 Å². The van der Waals surface area contributed by atoms with Crippen LogP contribution in [0, 0.1) is 20.2 Å². The molecule has 0 heterocycles. The SMILES string of the molecule is O=[N+]([O-])c1cccc([N+](=O)[O-])c1C1CCCCC1. The summed E-state index contributed by atoms with van der Waals surface area (Å²) in [6.07, 6.45) is 4.66. The van der Waals surface area contributed by atoms with Gasteiger partial charge in [0, 0.05) is 12.1 Å². The molecule has 0 spiro atoms. The van der Waals surface area contributed by atoms with Crippen molar-refractivity contribution < 1.29 is 9.85 Å². The molecule has 1 saturated carbocycles. The third-order valence-corrected chi connectivity index (χ3v) is 3.47. The maximum absolute atomic E-state index is 11.0. The Labute approximate surface area is 104 Å². The van der Waals surface area contributed by atoms with Crippen LogP contribution in [-0.2, 0) is 0 Å². The average Bonchev–Trinajstić information content (AvgIpc) is 2.38. The number of rotatable bonds is 3. The van der Waals surface area contributed by atoms with Gasteiger partial charge in [0.15, 0.2) is 0 Å². The van der Waals surface area contributed by atoms with Crippen LogP contribution in [0.5, 0.6) is 0 Å². The van der Waals surface area contributed by atoms with Gasteiger partial charge >= 0.3 is 0 Å². The van der Waals surface area contributed by atoms with Gasteiger partial charge in [-0.1, -0.05) is 19.3 Å². The van der Waals surface area contributed by atoms with E-state index in [4.69, 9.17) is 0 Å². The van der Waals surface area contributed by atoms with Gasteiger partial charge in [-0.25, -0.2) is 0 Å². The van der Waals surface area contributed by atoms with Gasteiger partial charge in [-0.3, -0.25) is 20.2 Å². The summed E-state index contributed by atoms with van der Waals surface area (Å²) in [4.78, 5) is 21.0. The van der Waals surface area contributed by atoms with Gasteiger partial charge in [-0.05, 0) is 24.8 Å². The third-order valence-electron chi connectivity index (χ3n) is 3.47. The molecule has 0 N–H and O–H groups in total. The van der Waals surface area contributed by atoms with Crippen molar-refractivity contribution in [2.24, 2.45) is 0 Å². The molecule has 1 aliphatic rings. The fourth-order valence-corrected chi connectivity index (χ4v) is 2.67. The number of nitro benzene ring substituents is 2. The van der Waals surface area contributed by atoms with Crippen molar-refractivity contribution in [3.63, 3.8) is 0 Å². The van der Waals surface area contributed by atoms with E-state index < -0.39 is 9.85 Å². The van der Waals surface area contributed by atoms with Crippen LogP contribution in [0.25, 0.3) is 0 Å². The Kier molecular flexibility index (Phi) is 3.55. The quantitative estimate of drug-likeness (QED) is 0.606. The number of hydrogen-bond donors (Lipinski definition) is 0. The molecule has 0 aromatic heterocycles. The van der Waals surface area contributed by atoms with Crippen molar-refractivity contribution in [1.29, 1.82) is 0 Å². The first kappa shape index (κ1) is 12.5. The first-order chi connectivity index (χ1) is 8.61. The summed E-state index contributed by atoms with van der Waals surface area (Å²) in [5.74, 6) is -0.0549. The van der Waals surface area contributed by atoms with Crippen LogP contribution in [0.1, 0.15) is 43.6 Å². The van der Waals surface area contributed by atoms with Gasteiger partial charge < -0.3 is 0 Å². The van der Waals surface area contributed by atoms with E-state index in [1.807, 2.05) is 0 Å². The predicted octanol–water partition coefficient (Wildman–Crippen LogP) is 3.55. The summed E-state index contributed by atoms with van der Waals surface area (Å²) >= 11 is 0. The zero-order valence-electron chi connectivity index (χ0n) is 9.87. The summed E-state index contributed by atoms with van der Waals surface area (Å²) in [5, 5.41) is 22.0. The molecule has 2 rings (SSSR count). The molecule has 0 unspecified atom stereocenters. The number of benzene rings is 1. The summed E-state index contributed by atoms with van der Waals surface area (Å²) in [6.45, 7) is 0. The predicted molar refractivity (Wildman–Crippen MR) is 65.6 cm³/mol. The highest BCUT2D eigenvalue weighted by Crippen LogP contribution is 2.41. The van der Waals surface area contributed by atoms with E-state index in [0.29, 0.717) is 5.56 Å². The average molecular weight is 250 g/mol. The lowest BCUT2D eigenvalue weighted by Gasteiger charge is -2.21. The van der Waals surface area contributed by atoms with Crippen LogP contribution in [0.4, 0.5) is 11.4 Å². The summed E-state index contributed by atoms with van der Waals surface area (Å²) in [7, 11) is 0. The molecule has 1 aromatic carbocycles. The molecule has 18 heavy (non-hydrogen) atoms. The van der Waals surface area contributed by atoms with E-state index in [0.717, 1.165) is 32.1 Å². The van der Waals surface area contributed by atoms with E-state index in [-0.39, 0.29) is 17.3 Å². The molecule has 0 bridgehead atoms. The first-order valence-electron chi connectivity index (χ1n) is 6.03. The number of nitro groups is 2. The molecule has 1 fully saturated rings. The van der Waals surface area contributed by atoms with E-state index in [1.54, 1.807) is 0 Å². The maximum Gasteiger partial charge on any atom is 0.279 e. The van der Waals surface area contributed by atoms with Gasteiger partial charge in [0.2, 0.25) is 0 Å². The molecule has 0 aliphatic heterocycles. The monoisotopic (exact) mass is 250 g/mol. The zero-order chi connectivity index (χ0) is 13.1. The lowest BCUT2D eigenvalue weighted by molar-refractivity contribution is -0.395. The normalized spacial score (nSPS) is 16.4. The van der Waals surface area contributed by atoms with Crippen LogP contribution in [0.2, 0.25) is 0 Å². The Morgan fingerprint density at radius 3 is 1.89 bits per heavy atom. The Morgan fingerprint density at radius 1 is 0.944 bits per heavy atom. The smallest absolute Gasteiger partial charge is 0.258 e. The largest absolute Gasteiger partial charge is 0.279 e. The topological polar surface area (TPSA) is 86.3 Å². The molecule has 6 nitrogen and oxygen atoms in total. The fraction of sp³-hybridized carbons (Fsp3) is 0.500. The minimum atomic E-state index is -0.517. The van der Waals surface area contributed by atoms with Gasteiger partial charge in [-0.2, -0.15) is 0 Å². The standard InChI is InChI=1S/C12H14N2O4/c15-13(16)10-7-4-8-11(14(17)18)12(10)9-5-2-1-3-6-9/h4,7-9H,1-3,5-6H2. The lowest BCUT2D eigenvalue weighted by atomic mass is 9.82. The van der Waals surface area contributed by atoms with Gasteiger partial charge in [0.25, 0.3) is 11.4 Å². The molecule has 1 aromatic rings. The van der Waals surface area contributed by atoms with Gasteiger partial charge in [-0.15, -0.1) is 0 Å². The summed E-state index contributed by atoms with van der Waals surface area (Å²) in [5.41, 5.74) is 0.0828. The number of nitrogens with zero attached hydrogens (tertiary/aromatic N) is 2. The molecule has 0 radical (unpaired) electrons. The molecule has 6 heteroatoms. The van der Waals surface area contributed by atoms with E-state index in [9.17, 15) is 20.2 Å². The molecule has 1 aliphatic carbocycles. The molecule has 0 saturated heterocycles. The van der Waals surface area contributed by atoms with Crippen molar-refractivity contribution in [1.82, 2.24) is 0 Å². The molecular weight excluding hydrogens is 236 g/mol. The lowest BCUT2D eigenvalue weighted by Crippen LogP contribution is -2.10. The van der Waals surface area contributed by atoms with Crippen LogP contribution >= 0.6 is 0 Å². The Bertz CT molecular complexity index is 449. The summed E-state index contributed by atoms with van der Waals surface area (Å²) < 4.78 is 0. The van der Waals surface area contributed by atoms with Crippen LogP contribution in [0.3, 0.4) is 0 Å². The minimum absolute atomic E-state index is 0.0549. The van der Waals surface area contributed by atoms with Crippen LogP contribution < -0.4 is 0 Å². The first-order valence-corrected chi connectivity index (χ1v) is 6.03. The van der Waals surface area contributed by atoms with Crippen LogP contribution in [0.15, 0.2) is 18.2 Å². The molecular formula is C12H14N2O4. The second-order valence-electron chi connectivity index (χ2n) is 4.56. The second kappa shape index (κ2) is 5.12. The van der Waals surface area contributed by atoms with Gasteiger partial charge in [0.05, 0.1) is 9.85 Å². The highest BCUT2D eigenvalue weighted by atomic mass is 16.6. The molecule has 0 amide bonds. The highest BCUT2D eigenvalue weighted by Gasteiger charge is 2.31. The van der Waals surface area contributed by atoms with Crippen molar-refractivity contribution >= 4 is 11.4 Å². The van der Waals surface area contributed by atoms with Gasteiger partial charge in [0.1, 0.15) is 5.56 Å². The highest BCUT2D eigenvalue weighted by molar-refractivity contribution is 5.55. The fourth-order valence-electron chi connectivity index (χ4n) is 2.67. The maximum atomic E-state index is 11.0. The van der Waals surface area contributed by atoms with Crippen molar-refractivity contribution in [3.05, 3.63) is 44.0 Å². The zero-order valence-corrected chi connectivity index (χ0v) is 9.87. The van der Waals surface area contributed by atoms with Crippen molar-refractivity contribution in [2.75, 3.05) is 0 Å². The second-order valence-corrected chi connectivity index (χ2v) is 4.56. The molecule has 96 valence electrons. The number of hydrogen-bond acceptors (Lipinski definition) is 4. The van der Waals surface area contributed by atoms with E-state index in [1.165, 1.54) is 18.2 Å². The third kappa shape index (κ3) is 2.32. The summed E-state index contributed by atoms with van der Waals surface area (Å²) in [6, 6.07) is 4.09. The Morgan fingerprint density at radius 2 is 1.44 bits per heavy atom. The van der Waals surface area contributed by atoms with E-state index >= 15 is 0 Å². The van der Waals surface area contributed by atoms with Crippen molar-refractivity contribution in [2.45, 2.75) is 38.0 Å². The molecule has 0 atom stereocenters. The minimum Gasteiger partial charge on any atom is -0.258 e. The Hall–Kier alpha value is -1.98. The van der Waals surface area contributed by atoms with Crippen molar-refractivity contribution in [3.8, 4) is 0 Å². The Balaban J connectivity index is 2.52.